The second-order valence-corrected chi connectivity index (χ2v) is 4.88. The molecule has 0 fully saturated rings. The molecule has 16 heavy (non-hydrogen) atoms. The molecule has 3 heteroatoms. The molecule has 1 aromatic carbocycles. The van der Waals surface area contributed by atoms with Crippen molar-refractivity contribution in [3.05, 3.63) is 34.5 Å². The number of aromatic nitrogens is 1. The minimum Gasteiger partial charge on any atom is -0.347 e. The molecule has 0 saturated heterocycles. The van der Waals surface area contributed by atoms with E-state index in [0.29, 0.717) is 12.5 Å². The minimum atomic E-state index is 0.467. The monoisotopic (exact) mass is 236 g/mol. The van der Waals surface area contributed by atoms with Crippen molar-refractivity contribution in [1.82, 2.24) is 4.57 Å². The molecule has 0 aliphatic heterocycles. The Hall–Kier alpha value is -0.990. The van der Waals surface area contributed by atoms with Crippen LogP contribution in [0.1, 0.15) is 31.0 Å². The molecule has 2 rings (SSSR count). The maximum absolute atomic E-state index is 6.03. The number of hydrogen-bond acceptors (Lipinski definition) is 1. The van der Waals surface area contributed by atoms with Gasteiger partial charge in [0.2, 0.25) is 0 Å². The van der Waals surface area contributed by atoms with Gasteiger partial charge >= 0.3 is 0 Å². The van der Waals surface area contributed by atoms with Crippen LogP contribution in [0.5, 0.6) is 0 Å². The first-order valence-electron chi connectivity index (χ1n) is 5.53. The van der Waals surface area contributed by atoms with Crippen molar-refractivity contribution in [2.75, 3.05) is 0 Å². The zero-order valence-corrected chi connectivity index (χ0v) is 10.7. The molecule has 0 atom stereocenters. The Morgan fingerprint density at radius 2 is 2.06 bits per heavy atom. The van der Waals surface area contributed by atoms with Gasteiger partial charge in [-0.3, -0.25) is 0 Å². The summed E-state index contributed by atoms with van der Waals surface area (Å²) in [6, 6.07) is 5.99. The van der Waals surface area contributed by atoms with Gasteiger partial charge in [0, 0.05) is 35.2 Å². The van der Waals surface area contributed by atoms with Crippen molar-refractivity contribution in [1.29, 1.82) is 0 Å². The molecule has 0 spiro atoms. The van der Waals surface area contributed by atoms with Crippen LogP contribution < -0.4 is 5.73 Å². The number of benzene rings is 1. The first-order chi connectivity index (χ1) is 7.56. The molecule has 0 unspecified atom stereocenters. The molecular formula is C13H17ClN2. The molecule has 1 heterocycles. The van der Waals surface area contributed by atoms with Gasteiger partial charge in [0.05, 0.1) is 0 Å². The zero-order chi connectivity index (χ0) is 11.9. The van der Waals surface area contributed by atoms with Crippen LogP contribution in [-0.2, 0) is 13.6 Å². The average Bonchev–Trinajstić information content (AvgIpc) is 2.51. The SMILES string of the molecule is CC(C)c1c(CN)c2ccc(Cl)cc2n1C. The lowest BCUT2D eigenvalue weighted by Crippen LogP contribution is -2.05. The first-order valence-corrected chi connectivity index (χ1v) is 5.90. The summed E-state index contributed by atoms with van der Waals surface area (Å²) in [5.41, 5.74) is 9.57. The highest BCUT2D eigenvalue weighted by Crippen LogP contribution is 2.31. The topological polar surface area (TPSA) is 30.9 Å². The highest BCUT2D eigenvalue weighted by Gasteiger charge is 2.16. The predicted molar refractivity (Wildman–Crippen MR) is 69.9 cm³/mol. The van der Waals surface area contributed by atoms with Crippen LogP contribution in [0.2, 0.25) is 5.02 Å². The standard InChI is InChI=1S/C13H17ClN2/c1-8(2)13-11(7-15)10-5-4-9(14)6-12(10)16(13)3/h4-6,8H,7,15H2,1-3H3. The number of fused-ring (bicyclic) bond motifs is 1. The van der Waals surface area contributed by atoms with Gasteiger partial charge in [-0.2, -0.15) is 0 Å². The van der Waals surface area contributed by atoms with Gasteiger partial charge in [0.15, 0.2) is 0 Å². The fraction of sp³-hybridized carbons (Fsp3) is 0.385. The molecule has 0 aliphatic carbocycles. The third-order valence-electron chi connectivity index (χ3n) is 3.07. The third kappa shape index (κ3) is 1.62. The molecule has 0 amide bonds. The van der Waals surface area contributed by atoms with Crippen LogP contribution >= 0.6 is 11.6 Å². The van der Waals surface area contributed by atoms with Crippen LogP contribution in [0.15, 0.2) is 18.2 Å². The van der Waals surface area contributed by atoms with E-state index in [-0.39, 0.29) is 0 Å². The van der Waals surface area contributed by atoms with Crippen LogP contribution in [-0.4, -0.2) is 4.57 Å². The fourth-order valence-electron chi connectivity index (χ4n) is 2.46. The summed E-state index contributed by atoms with van der Waals surface area (Å²) < 4.78 is 2.20. The molecule has 2 aromatic rings. The van der Waals surface area contributed by atoms with Crippen molar-refractivity contribution in [3.63, 3.8) is 0 Å². The Labute approximate surface area is 101 Å². The fourth-order valence-corrected chi connectivity index (χ4v) is 2.62. The molecular weight excluding hydrogens is 220 g/mol. The van der Waals surface area contributed by atoms with Crippen LogP contribution in [0.4, 0.5) is 0 Å². The van der Waals surface area contributed by atoms with Gasteiger partial charge in [-0.1, -0.05) is 31.5 Å². The highest BCUT2D eigenvalue weighted by atomic mass is 35.5. The second kappa shape index (κ2) is 4.11. The lowest BCUT2D eigenvalue weighted by atomic mass is 10.0. The number of nitrogens with zero attached hydrogens (tertiary/aromatic N) is 1. The van der Waals surface area contributed by atoms with E-state index in [1.54, 1.807) is 0 Å². The number of rotatable bonds is 2. The Morgan fingerprint density at radius 1 is 1.38 bits per heavy atom. The molecule has 0 saturated carbocycles. The molecule has 2 N–H and O–H groups in total. The summed E-state index contributed by atoms with van der Waals surface area (Å²) in [4.78, 5) is 0. The summed E-state index contributed by atoms with van der Waals surface area (Å²) in [6.45, 7) is 4.95. The molecule has 1 aromatic heterocycles. The molecule has 0 aliphatic rings. The van der Waals surface area contributed by atoms with E-state index in [9.17, 15) is 0 Å². The average molecular weight is 237 g/mol. The van der Waals surface area contributed by atoms with Crippen molar-refractivity contribution in [3.8, 4) is 0 Å². The van der Waals surface area contributed by atoms with Gasteiger partial charge < -0.3 is 10.3 Å². The summed E-state index contributed by atoms with van der Waals surface area (Å²) in [5.74, 6) is 0.467. The Morgan fingerprint density at radius 3 is 2.62 bits per heavy atom. The van der Waals surface area contributed by atoms with E-state index in [1.807, 2.05) is 12.1 Å². The molecule has 2 nitrogen and oxygen atoms in total. The second-order valence-electron chi connectivity index (χ2n) is 4.44. The van der Waals surface area contributed by atoms with E-state index in [2.05, 4.69) is 31.5 Å². The van der Waals surface area contributed by atoms with Crippen LogP contribution in [0.25, 0.3) is 10.9 Å². The maximum Gasteiger partial charge on any atom is 0.0498 e. The van der Waals surface area contributed by atoms with Crippen molar-refractivity contribution in [2.24, 2.45) is 12.8 Å². The van der Waals surface area contributed by atoms with Gasteiger partial charge in [0.25, 0.3) is 0 Å². The summed E-state index contributed by atoms with van der Waals surface area (Å²) in [7, 11) is 2.08. The van der Waals surface area contributed by atoms with E-state index in [4.69, 9.17) is 17.3 Å². The van der Waals surface area contributed by atoms with E-state index >= 15 is 0 Å². The number of nitrogens with two attached hydrogens (primary N) is 1. The van der Waals surface area contributed by atoms with Gasteiger partial charge in [0.1, 0.15) is 0 Å². The van der Waals surface area contributed by atoms with Crippen molar-refractivity contribution >= 4 is 22.5 Å². The largest absolute Gasteiger partial charge is 0.347 e. The summed E-state index contributed by atoms with van der Waals surface area (Å²) >= 11 is 6.03. The first kappa shape index (κ1) is 11.5. The smallest absolute Gasteiger partial charge is 0.0498 e. The van der Waals surface area contributed by atoms with E-state index < -0.39 is 0 Å². The summed E-state index contributed by atoms with van der Waals surface area (Å²) in [6.07, 6.45) is 0. The minimum absolute atomic E-state index is 0.467. The van der Waals surface area contributed by atoms with Crippen molar-refractivity contribution < 1.29 is 0 Å². The van der Waals surface area contributed by atoms with E-state index in [1.165, 1.54) is 16.6 Å². The van der Waals surface area contributed by atoms with Crippen molar-refractivity contribution in [2.45, 2.75) is 26.3 Å². The lowest BCUT2D eigenvalue weighted by Gasteiger charge is -2.10. The van der Waals surface area contributed by atoms with Crippen LogP contribution in [0.3, 0.4) is 0 Å². The Bertz CT molecular complexity index is 526. The highest BCUT2D eigenvalue weighted by molar-refractivity contribution is 6.31. The number of hydrogen-bond donors (Lipinski definition) is 1. The van der Waals surface area contributed by atoms with Gasteiger partial charge in [-0.05, 0) is 23.6 Å². The van der Waals surface area contributed by atoms with E-state index in [0.717, 1.165) is 10.5 Å². The Balaban J connectivity index is 2.85. The number of aryl methyl sites for hydroxylation is 1. The normalized spacial score (nSPS) is 11.6. The molecule has 0 bridgehead atoms. The maximum atomic E-state index is 6.03. The number of halogens is 1. The predicted octanol–water partition coefficient (Wildman–Crippen LogP) is 3.41. The van der Waals surface area contributed by atoms with Gasteiger partial charge in [-0.15, -0.1) is 0 Å². The van der Waals surface area contributed by atoms with Crippen LogP contribution in [0, 0.1) is 0 Å². The summed E-state index contributed by atoms with van der Waals surface area (Å²) in [5, 5.41) is 1.99. The zero-order valence-electron chi connectivity index (χ0n) is 9.92. The Kier molecular flexibility index (Phi) is 2.96. The molecule has 0 radical (unpaired) electrons. The quantitative estimate of drug-likeness (QED) is 0.851. The van der Waals surface area contributed by atoms with Gasteiger partial charge in [-0.25, -0.2) is 0 Å². The third-order valence-corrected chi connectivity index (χ3v) is 3.30. The lowest BCUT2D eigenvalue weighted by molar-refractivity contribution is 0.739. The molecule has 86 valence electrons.